The lowest BCUT2D eigenvalue weighted by Gasteiger charge is -2.46. The minimum atomic E-state index is -1.32. The molecule has 4 unspecified atom stereocenters. The van der Waals surface area contributed by atoms with Gasteiger partial charge in [0.25, 0.3) is 0 Å². The van der Waals surface area contributed by atoms with Crippen LogP contribution in [0.3, 0.4) is 0 Å². The van der Waals surface area contributed by atoms with E-state index in [9.17, 15) is 19.8 Å². The molecular weight excluding hydrogens is 610 g/mol. The van der Waals surface area contributed by atoms with E-state index in [0.29, 0.717) is 55.6 Å². The van der Waals surface area contributed by atoms with Crippen molar-refractivity contribution < 1.29 is 38.4 Å². The minimum absolute atomic E-state index is 0.0302. The summed E-state index contributed by atoms with van der Waals surface area (Å²) in [6, 6.07) is 14.7. The number of aliphatic hydroxyl groups excluding tert-OH is 1. The highest BCUT2D eigenvalue weighted by Crippen LogP contribution is 2.59. The van der Waals surface area contributed by atoms with E-state index in [1.165, 1.54) is 11.8 Å². The summed E-state index contributed by atoms with van der Waals surface area (Å²) in [7, 11) is 3.15. The second-order valence-corrected chi connectivity index (χ2v) is 13.5. The van der Waals surface area contributed by atoms with Crippen LogP contribution in [0.2, 0.25) is 0 Å². The molecule has 1 amide bonds. The molecule has 0 spiro atoms. The Morgan fingerprint density at radius 3 is 2.58 bits per heavy atom. The summed E-state index contributed by atoms with van der Waals surface area (Å²) < 4.78 is 22.1. The molecule has 0 saturated heterocycles. The summed E-state index contributed by atoms with van der Waals surface area (Å²) in [4.78, 5) is 29.1. The molecule has 48 heavy (non-hydrogen) atoms. The van der Waals surface area contributed by atoms with Gasteiger partial charge in [-0.3, -0.25) is 4.79 Å². The summed E-state index contributed by atoms with van der Waals surface area (Å²) >= 11 is 0. The number of allylic oxidation sites excluding steroid dienone is 2. The highest BCUT2D eigenvalue weighted by molar-refractivity contribution is 6.08. The van der Waals surface area contributed by atoms with Gasteiger partial charge in [0, 0.05) is 22.6 Å². The first-order valence-electron chi connectivity index (χ1n) is 16.9. The molecule has 6 rings (SSSR count). The molecule has 3 aromatic rings. The van der Waals surface area contributed by atoms with Gasteiger partial charge in [-0.15, -0.1) is 0 Å². The molecule has 1 saturated carbocycles. The maximum Gasteiger partial charge on any atom is 0.410 e. The number of rotatable bonds is 9. The van der Waals surface area contributed by atoms with Crippen LogP contribution in [-0.2, 0) is 17.7 Å². The molecule has 9 heteroatoms. The third kappa shape index (κ3) is 7.32. The van der Waals surface area contributed by atoms with Crippen LogP contribution in [0, 0.1) is 5.41 Å². The lowest BCUT2D eigenvalue weighted by Crippen LogP contribution is -2.53. The van der Waals surface area contributed by atoms with E-state index in [1.54, 1.807) is 44.2 Å². The molecule has 9 nitrogen and oxygen atoms in total. The predicted octanol–water partition coefficient (Wildman–Crippen LogP) is 7.23. The summed E-state index contributed by atoms with van der Waals surface area (Å²) in [5.74, 6) is 1.01. The number of ketones is 1. The number of furan rings is 1. The van der Waals surface area contributed by atoms with Crippen molar-refractivity contribution in [3.63, 3.8) is 0 Å². The van der Waals surface area contributed by atoms with E-state index in [1.807, 2.05) is 30.3 Å². The van der Waals surface area contributed by atoms with E-state index in [4.69, 9.17) is 18.6 Å². The van der Waals surface area contributed by atoms with Crippen LogP contribution in [0.25, 0.3) is 0 Å². The zero-order valence-electron chi connectivity index (χ0n) is 28.8. The van der Waals surface area contributed by atoms with E-state index in [-0.39, 0.29) is 37.2 Å². The van der Waals surface area contributed by atoms with Crippen LogP contribution < -0.4 is 9.47 Å². The van der Waals surface area contributed by atoms with E-state index in [2.05, 4.69) is 19.9 Å². The molecule has 1 heterocycles. The zero-order valence-corrected chi connectivity index (χ0v) is 28.8. The molecule has 1 aromatic heterocycles. The number of benzene rings is 2. The Morgan fingerprint density at radius 2 is 1.88 bits per heavy atom. The van der Waals surface area contributed by atoms with Crippen molar-refractivity contribution in [3.05, 3.63) is 94.5 Å². The molecule has 4 atom stereocenters. The molecule has 0 radical (unpaired) electrons. The number of hydrogen-bond donors (Lipinski definition) is 2. The summed E-state index contributed by atoms with van der Waals surface area (Å²) in [6.07, 6.45) is 6.76. The Balaban J connectivity index is 1.58. The van der Waals surface area contributed by atoms with Crippen molar-refractivity contribution in [1.82, 2.24) is 4.90 Å². The van der Waals surface area contributed by atoms with Gasteiger partial charge in [-0.05, 0) is 106 Å². The first-order valence-corrected chi connectivity index (χ1v) is 16.9. The molecule has 2 bridgehead atoms. The standard InChI is InChI=1S/C39H49NO8/c1-6-47-37(43)40(24-28-13-15-30(45-4)23-35(28)46-5)25-39(44)19-17-33-31-16-12-27(22-32(31)36(42)34-10-8-20-48-34)21-29(41)14-11-26(2)9-7-18-38(33,39)3/h8-10,12-13,15-16,20,22-23,29,33,41,44H,6-7,11,14,17-19,21,24-25H2,1-5H3. The Bertz CT molecular complexity index is 1610. The summed E-state index contributed by atoms with van der Waals surface area (Å²) in [5.41, 5.74) is 2.12. The number of aliphatic hydroxyl groups is 2. The van der Waals surface area contributed by atoms with Gasteiger partial charge in [0.2, 0.25) is 5.78 Å². The van der Waals surface area contributed by atoms with E-state index < -0.39 is 23.2 Å². The van der Waals surface area contributed by atoms with Gasteiger partial charge < -0.3 is 33.7 Å². The van der Waals surface area contributed by atoms with Crippen LogP contribution in [0.15, 0.2) is 70.9 Å². The lowest BCUT2D eigenvalue weighted by molar-refractivity contribution is -0.0821. The SMILES string of the molecule is CCOC(=O)N(Cc1ccc(OC)cc1OC)CC1(O)CCC2c3ccc(cc3C(=O)c3ccco3)CC(O)CCC(C)=CCCC21C. The first-order chi connectivity index (χ1) is 23.0. The minimum Gasteiger partial charge on any atom is -0.497 e. The fraction of sp³-hybridized carbons (Fsp3) is 0.487. The molecule has 3 aliphatic rings. The van der Waals surface area contributed by atoms with Gasteiger partial charge in [0.1, 0.15) is 11.5 Å². The second-order valence-electron chi connectivity index (χ2n) is 13.5. The largest absolute Gasteiger partial charge is 0.497 e. The smallest absolute Gasteiger partial charge is 0.410 e. The fourth-order valence-corrected chi connectivity index (χ4v) is 7.64. The van der Waals surface area contributed by atoms with Crippen LogP contribution >= 0.6 is 0 Å². The Kier molecular flexibility index (Phi) is 11.0. The highest BCUT2D eigenvalue weighted by Gasteiger charge is 2.58. The molecule has 2 N–H and O–H groups in total. The maximum atomic E-state index is 14.0. The molecule has 3 aliphatic carbocycles. The number of carbonyl (C=O) groups is 2. The van der Waals surface area contributed by atoms with Crippen LogP contribution in [0.4, 0.5) is 4.79 Å². The quantitative estimate of drug-likeness (QED) is 0.183. The molecule has 2 aromatic carbocycles. The van der Waals surface area contributed by atoms with Crippen molar-refractivity contribution >= 4 is 11.9 Å². The predicted molar refractivity (Wildman–Crippen MR) is 183 cm³/mol. The number of methoxy groups -OCH3 is 2. The lowest BCUT2D eigenvalue weighted by atomic mass is 9.64. The van der Waals surface area contributed by atoms with Crippen molar-refractivity contribution in [2.75, 3.05) is 27.4 Å². The molecule has 258 valence electrons. The third-order valence-corrected chi connectivity index (χ3v) is 10.5. The fourth-order valence-electron chi connectivity index (χ4n) is 7.64. The average molecular weight is 660 g/mol. The Hall–Kier alpha value is -4.08. The maximum absolute atomic E-state index is 14.0. The van der Waals surface area contributed by atoms with E-state index >= 15 is 0 Å². The van der Waals surface area contributed by atoms with Gasteiger partial charge >= 0.3 is 6.09 Å². The van der Waals surface area contributed by atoms with Crippen molar-refractivity contribution in [2.45, 2.75) is 89.9 Å². The highest BCUT2D eigenvalue weighted by atomic mass is 16.6. The Labute approximate surface area is 283 Å². The number of fused-ring (bicyclic) bond motifs is 8. The normalized spacial score (nSPS) is 24.3. The van der Waals surface area contributed by atoms with Crippen molar-refractivity contribution in [2.24, 2.45) is 5.41 Å². The first kappa shape index (κ1) is 35.2. The summed E-state index contributed by atoms with van der Waals surface area (Å²) in [5, 5.41) is 23.7. The number of amides is 1. The van der Waals surface area contributed by atoms with E-state index in [0.717, 1.165) is 23.1 Å². The summed E-state index contributed by atoms with van der Waals surface area (Å²) in [6.45, 7) is 6.32. The van der Waals surface area contributed by atoms with Gasteiger partial charge in [-0.25, -0.2) is 4.79 Å². The topological polar surface area (TPSA) is 119 Å². The van der Waals surface area contributed by atoms with Crippen molar-refractivity contribution in [1.29, 1.82) is 0 Å². The van der Waals surface area contributed by atoms with Crippen LogP contribution in [-0.4, -0.2) is 66.1 Å². The van der Waals surface area contributed by atoms with Gasteiger partial charge in [0.15, 0.2) is 5.76 Å². The third-order valence-electron chi connectivity index (χ3n) is 10.5. The zero-order chi connectivity index (χ0) is 34.5. The number of carbonyl (C=O) groups excluding carboxylic acids is 2. The Morgan fingerprint density at radius 1 is 1.06 bits per heavy atom. The number of ether oxygens (including phenoxy) is 3. The van der Waals surface area contributed by atoms with Gasteiger partial charge in [0.05, 0.1) is 51.9 Å². The molecule has 0 aliphatic heterocycles. The van der Waals surface area contributed by atoms with Crippen LogP contribution in [0.1, 0.15) is 98.0 Å². The average Bonchev–Trinajstić information content (AvgIpc) is 3.70. The molecular formula is C39H49NO8. The monoisotopic (exact) mass is 659 g/mol. The number of nitrogens with zero attached hydrogens (tertiary/aromatic N) is 1. The van der Waals surface area contributed by atoms with Crippen molar-refractivity contribution in [3.8, 4) is 11.5 Å². The number of hydrogen-bond acceptors (Lipinski definition) is 8. The van der Waals surface area contributed by atoms with Gasteiger partial charge in [-0.2, -0.15) is 0 Å². The van der Waals surface area contributed by atoms with Crippen LogP contribution in [0.5, 0.6) is 11.5 Å². The molecule has 1 fully saturated rings. The van der Waals surface area contributed by atoms with Gasteiger partial charge in [-0.1, -0.05) is 30.7 Å². The second kappa shape index (κ2) is 15.0.